The summed E-state index contributed by atoms with van der Waals surface area (Å²) in [5.41, 5.74) is -0.751. The van der Waals surface area contributed by atoms with Crippen molar-refractivity contribution in [3.05, 3.63) is 58.4 Å². The van der Waals surface area contributed by atoms with E-state index in [0.29, 0.717) is 5.69 Å². The molecule has 0 atom stereocenters. The average Bonchev–Trinajstić information content (AvgIpc) is 3.05. The largest absolute Gasteiger partial charge is 0.466 e. The number of ether oxygens (including phenoxy) is 2. The first-order valence-electron chi connectivity index (χ1n) is 9.14. The number of aliphatic hydroxyl groups excluding tert-OH is 1. The van der Waals surface area contributed by atoms with Crippen LogP contribution in [0.4, 0.5) is 18.9 Å². The average molecular weight is 472 g/mol. The van der Waals surface area contributed by atoms with Gasteiger partial charge in [0.2, 0.25) is 5.88 Å². The number of aliphatic hydroxyl groups is 1. The fraction of sp³-hybridized carbons (Fsp3) is 0.250. The van der Waals surface area contributed by atoms with Crippen LogP contribution >= 0.6 is 11.6 Å². The molecule has 32 heavy (non-hydrogen) atoms. The number of carbonyl (C=O) groups is 2. The molecule has 1 aromatic carbocycles. The number of amides is 1. The number of benzene rings is 1. The van der Waals surface area contributed by atoms with Crippen LogP contribution in [-0.4, -0.2) is 53.7 Å². The van der Waals surface area contributed by atoms with Gasteiger partial charge in [0.05, 0.1) is 30.9 Å². The van der Waals surface area contributed by atoms with Gasteiger partial charge in [-0.3, -0.25) is 4.79 Å². The number of halogens is 4. The van der Waals surface area contributed by atoms with E-state index in [-0.39, 0.29) is 47.6 Å². The number of carbonyl (C=O) groups excluding carboxylic acids is 2. The minimum Gasteiger partial charge on any atom is -0.466 e. The van der Waals surface area contributed by atoms with Gasteiger partial charge in [-0.15, -0.1) is 0 Å². The summed E-state index contributed by atoms with van der Waals surface area (Å²) in [5, 5.41) is 11.9. The molecule has 0 fully saturated rings. The molecule has 2 heterocycles. The molecule has 1 amide bonds. The van der Waals surface area contributed by atoms with Gasteiger partial charge in [0.15, 0.2) is 0 Å². The molecule has 0 spiro atoms. The number of aromatic nitrogens is 1. The third-order valence-corrected chi connectivity index (χ3v) is 4.68. The summed E-state index contributed by atoms with van der Waals surface area (Å²) in [4.78, 5) is 29.3. The van der Waals surface area contributed by atoms with Crippen LogP contribution in [0.5, 0.6) is 11.6 Å². The lowest BCUT2D eigenvalue weighted by Crippen LogP contribution is -2.31. The predicted molar refractivity (Wildman–Crippen MR) is 107 cm³/mol. The van der Waals surface area contributed by atoms with Crippen LogP contribution < -0.4 is 10.1 Å². The molecule has 12 heteroatoms. The van der Waals surface area contributed by atoms with Crippen LogP contribution in [-0.2, 0) is 20.5 Å². The van der Waals surface area contributed by atoms with Gasteiger partial charge in [-0.1, -0.05) is 17.7 Å². The van der Waals surface area contributed by atoms with E-state index in [0.717, 1.165) is 12.1 Å². The maximum Gasteiger partial charge on any atom is 0.433 e. The Morgan fingerprint density at radius 3 is 2.69 bits per heavy atom. The minimum atomic E-state index is -4.63. The van der Waals surface area contributed by atoms with Gasteiger partial charge in [0.1, 0.15) is 17.1 Å². The predicted octanol–water partition coefficient (Wildman–Crippen LogP) is 3.22. The Balaban J connectivity index is 1.82. The van der Waals surface area contributed by atoms with Crippen LogP contribution in [0.2, 0.25) is 5.02 Å². The Morgan fingerprint density at radius 1 is 1.31 bits per heavy atom. The highest BCUT2D eigenvalue weighted by molar-refractivity contribution is 6.32. The second-order valence-electron chi connectivity index (χ2n) is 6.53. The summed E-state index contributed by atoms with van der Waals surface area (Å²) >= 11 is 6.18. The van der Waals surface area contributed by atoms with E-state index in [1.54, 1.807) is 0 Å². The number of alkyl halides is 3. The molecule has 0 aliphatic carbocycles. The molecule has 0 bridgehead atoms. The summed E-state index contributed by atoms with van der Waals surface area (Å²) < 4.78 is 48.5. The van der Waals surface area contributed by atoms with Crippen molar-refractivity contribution in [2.75, 3.05) is 32.1 Å². The number of hydrogen-bond donors (Lipinski definition) is 2. The number of pyridine rings is 1. The number of anilines is 1. The Hall–Kier alpha value is -3.31. The van der Waals surface area contributed by atoms with Gasteiger partial charge in [-0.25, -0.2) is 9.78 Å². The quantitative estimate of drug-likeness (QED) is 0.598. The van der Waals surface area contributed by atoms with E-state index >= 15 is 0 Å². The van der Waals surface area contributed by atoms with Crippen molar-refractivity contribution in [2.45, 2.75) is 6.18 Å². The first-order valence-corrected chi connectivity index (χ1v) is 9.52. The number of methoxy groups -OCH3 is 1. The van der Waals surface area contributed by atoms with E-state index in [1.165, 1.54) is 36.3 Å². The molecule has 1 aromatic heterocycles. The molecule has 3 rings (SSSR count). The number of hydrogen-bond acceptors (Lipinski definition) is 7. The lowest BCUT2D eigenvalue weighted by Gasteiger charge is -2.15. The van der Waals surface area contributed by atoms with Crippen molar-refractivity contribution in [1.29, 1.82) is 0 Å². The van der Waals surface area contributed by atoms with Crippen LogP contribution in [0.1, 0.15) is 5.69 Å². The lowest BCUT2D eigenvalue weighted by molar-refractivity contribution is -0.141. The van der Waals surface area contributed by atoms with Gasteiger partial charge < -0.3 is 24.8 Å². The SMILES string of the molecule is COC(=O)C1=C(Nc2ccc(Oc3cccc(C(F)(F)F)n3)c(Cl)c2)C(=O)N(CCO)C1. The molecule has 1 aliphatic heterocycles. The molecule has 2 N–H and O–H groups in total. The second-order valence-corrected chi connectivity index (χ2v) is 6.93. The van der Waals surface area contributed by atoms with Crippen molar-refractivity contribution in [2.24, 2.45) is 0 Å². The first-order chi connectivity index (χ1) is 15.1. The van der Waals surface area contributed by atoms with Crippen molar-refractivity contribution in [3.8, 4) is 11.6 Å². The third-order valence-electron chi connectivity index (χ3n) is 4.38. The summed E-state index contributed by atoms with van der Waals surface area (Å²) in [6, 6.07) is 7.41. The second kappa shape index (κ2) is 9.45. The summed E-state index contributed by atoms with van der Waals surface area (Å²) in [7, 11) is 1.18. The van der Waals surface area contributed by atoms with Gasteiger partial charge in [-0.2, -0.15) is 13.2 Å². The number of nitrogens with one attached hydrogen (secondary N) is 1. The zero-order chi connectivity index (χ0) is 23.5. The first kappa shape index (κ1) is 23.4. The van der Waals surface area contributed by atoms with Gasteiger partial charge in [0, 0.05) is 18.3 Å². The molecule has 0 radical (unpaired) electrons. The van der Waals surface area contributed by atoms with Crippen LogP contribution in [0.15, 0.2) is 47.7 Å². The summed E-state index contributed by atoms with van der Waals surface area (Å²) in [5.74, 6) is -1.48. The van der Waals surface area contributed by atoms with Crippen molar-refractivity contribution >= 4 is 29.2 Å². The maximum atomic E-state index is 12.8. The highest BCUT2D eigenvalue weighted by Crippen LogP contribution is 2.34. The Morgan fingerprint density at radius 2 is 2.06 bits per heavy atom. The zero-order valence-electron chi connectivity index (χ0n) is 16.6. The number of nitrogens with zero attached hydrogens (tertiary/aromatic N) is 2. The lowest BCUT2D eigenvalue weighted by atomic mass is 10.2. The standard InChI is InChI=1S/C20H17ClF3N3O5/c1-31-19(30)12-10-27(7-8-28)18(29)17(12)25-11-5-6-14(13(21)9-11)32-16-4-2-3-15(26-16)20(22,23)24/h2-6,9,25,28H,7-8,10H2,1H3. The molecule has 2 aromatic rings. The summed E-state index contributed by atoms with van der Waals surface area (Å²) in [6.45, 7) is -0.290. The van der Waals surface area contributed by atoms with Crippen molar-refractivity contribution < 1.29 is 37.3 Å². The van der Waals surface area contributed by atoms with E-state index < -0.39 is 23.7 Å². The fourth-order valence-corrected chi connectivity index (χ4v) is 3.12. The topological polar surface area (TPSA) is 101 Å². The van der Waals surface area contributed by atoms with Gasteiger partial charge in [-0.05, 0) is 24.3 Å². The van der Waals surface area contributed by atoms with Crippen LogP contribution in [0, 0.1) is 0 Å². The molecule has 0 saturated carbocycles. The van der Waals surface area contributed by atoms with E-state index in [4.69, 9.17) is 26.2 Å². The summed E-state index contributed by atoms with van der Waals surface area (Å²) in [6.07, 6.45) is -4.63. The minimum absolute atomic E-state index is 0.0205. The third kappa shape index (κ3) is 5.11. The molecule has 0 saturated heterocycles. The maximum absolute atomic E-state index is 12.8. The highest BCUT2D eigenvalue weighted by Gasteiger charge is 2.35. The number of rotatable bonds is 7. The smallest absolute Gasteiger partial charge is 0.433 e. The Kier molecular flexibility index (Phi) is 6.90. The molecule has 0 unspecified atom stereocenters. The zero-order valence-corrected chi connectivity index (χ0v) is 17.3. The fourth-order valence-electron chi connectivity index (χ4n) is 2.90. The van der Waals surface area contributed by atoms with Crippen molar-refractivity contribution in [1.82, 2.24) is 9.88 Å². The van der Waals surface area contributed by atoms with Gasteiger partial charge >= 0.3 is 12.1 Å². The molecular weight excluding hydrogens is 455 g/mol. The van der Waals surface area contributed by atoms with E-state index in [2.05, 4.69) is 10.3 Å². The normalized spacial score (nSPS) is 14.1. The highest BCUT2D eigenvalue weighted by atomic mass is 35.5. The van der Waals surface area contributed by atoms with Crippen LogP contribution in [0.3, 0.4) is 0 Å². The Labute approximate surface area is 185 Å². The molecule has 8 nitrogen and oxygen atoms in total. The molecule has 170 valence electrons. The van der Waals surface area contributed by atoms with E-state index in [1.807, 2.05) is 0 Å². The Bertz CT molecular complexity index is 1070. The monoisotopic (exact) mass is 471 g/mol. The number of β-amino-alcohol motifs (C(OH)–C–C–N with tert-alkyl or cyclic N) is 1. The van der Waals surface area contributed by atoms with Crippen molar-refractivity contribution in [3.63, 3.8) is 0 Å². The van der Waals surface area contributed by atoms with Gasteiger partial charge in [0.25, 0.3) is 5.91 Å². The van der Waals surface area contributed by atoms with E-state index in [9.17, 15) is 22.8 Å². The number of esters is 1. The molecule has 1 aliphatic rings. The van der Waals surface area contributed by atoms with Crippen LogP contribution in [0.25, 0.3) is 0 Å². The molecular formula is C20H17ClF3N3O5.